The molecule has 2 aromatic rings. The number of aryl methyl sites for hydroxylation is 1. The lowest BCUT2D eigenvalue weighted by Crippen LogP contribution is -2.37. The average molecular weight is 269 g/mol. The van der Waals surface area contributed by atoms with Crippen LogP contribution in [0.25, 0.3) is 0 Å². The molecule has 1 heterocycles. The first-order chi connectivity index (χ1) is 9.78. The molecular weight excluding hydrogens is 246 g/mol. The molecule has 20 heavy (non-hydrogen) atoms. The molecule has 106 valence electrons. The smallest absolute Gasteiger partial charge is 0.0565 e. The molecule has 3 rings (SSSR count). The van der Waals surface area contributed by atoms with Crippen LogP contribution >= 0.6 is 0 Å². The van der Waals surface area contributed by atoms with Gasteiger partial charge in [0, 0.05) is 18.2 Å². The van der Waals surface area contributed by atoms with E-state index in [4.69, 9.17) is 5.73 Å². The molecule has 0 aliphatic heterocycles. The third-order valence-electron chi connectivity index (χ3n) is 4.81. The second kappa shape index (κ2) is 5.41. The predicted octanol–water partition coefficient (Wildman–Crippen LogP) is 3.41. The third kappa shape index (κ3) is 2.06. The molecule has 1 aliphatic rings. The van der Waals surface area contributed by atoms with Crippen molar-refractivity contribution in [1.29, 1.82) is 0 Å². The number of aromatic nitrogens is 2. The van der Waals surface area contributed by atoms with E-state index >= 15 is 0 Å². The fraction of sp³-hybridized carbons (Fsp3) is 0.471. The Hall–Kier alpha value is -1.61. The molecular formula is C17H23N3. The molecule has 1 saturated carbocycles. The standard InChI is InChI=1S/C17H23N3/c1-2-20-15(10-13-19-20)16(18)17(11-6-7-12-17)14-8-4-3-5-9-14/h3-5,8-10,13,16H,2,6-7,11-12,18H2,1H3. The Morgan fingerprint density at radius 1 is 1.20 bits per heavy atom. The number of nitrogens with zero attached hydrogens (tertiary/aromatic N) is 2. The summed E-state index contributed by atoms with van der Waals surface area (Å²) in [6.07, 6.45) is 6.75. The molecule has 1 aromatic heterocycles. The molecule has 0 radical (unpaired) electrons. The van der Waals surface area contributed by atoms with E-state index in [1.54, 1.807) is 0 Å². The Morgan fingerprint density at radius 2 is 1.90 bits per heavy atom. The summed E-state index contributed by atoms with van der Waals surface area (Å²) in [5.74, 6) is 0. The van der Waals surface area contributed by atoms with E-state index in [2.05, 4.69) is 48.4 Å². The highest BCUT2D eigenvalue weighted by atomic mass is 15.3. The van der Waals surface area contributed by atoms with Crippen LogP contribution in [0.5, 0.6) is 0 Å². The Labute approximate surface area is 120 Å². The maximum atomic E-state index is 6.73. The second-order valence-corrected chi connectivity index (χ2v) is 5.78. The molecule has 0 amide bonds. The van der Waals surface area contributed by atoms with Crippen LogP contribution in [0.2, 0.25) is 0 Å². The van der Waals surface area contributed by atoms with E-state index < -0.39 is 0 Å². The van der Waals surface area contributed by atoms with Crippen LogP contribution in [-0.4, -0.2) is 9.78 Å². The molecule has 3 heteroatoms. The summed E-state index contributed by atoms with van der Waals surface area (Å²) >= 11 is 0. The Morgan fingerprint density at radius 3 is 2.55 bits per heavy atom. The minimum absolute atomic E-state index is 0.0230. The number of rotatable bonds is 4. The summed E-state index contributed by atoms with van der Waals surface area (Å²) in [7, 11) is 0. The molecule has 1 aliphatic carbocycles. The van der Waals surface area contributed by atoms with Crippen LogP contribution in [-0.2, 0) is 12.0 Å². The van der Waals surface area contributed by atoms with Crippen LogP contribution < -0.4 is 5.73 Å². The maximum absolute atomic E-state index is 6.73. The SMILES string of the molecule is CCn1nccc1C(N)C1(c2ccccc2)CCCC1. The van der Waals surface area contributed by atoms with E-state index in [1.165, 1.54) is 36.9 Å². The zero-order valence-corrected chi connectivity index (χ0v) is 12.1. The lowest BCUT2D eigenvalue weighted by Gasteiger charge is -2.36. The molecule has 1 atom stereocenters. The molecule has 1 fully saturated rings. The molecule has 0 bridgehead atoms. The van der Waals surface area contributed by atoms with Gasteiger partial charge >= 0.3 is 0 Å². The van der Waals surface area contributed by atoms with Crippen molar-refractivity contribution in [3.8, 4) is 0 Å². The van der Waals surface area contributed by atoms with Gasteiger partial charge in [0.05, 0.1) is 11.7 Å². The third-order valence-corrected chi connectivity index (χ3v) is 4.81. The molecule has 2 N–H and O–H groups in total. The largest absolute Gasteiger partial charge is 0.322 e. The maximum Gasteiger partial charge on any atom is 0.0565 e. The van der Waals surface area contributed by atoms with E-state index in [0.717, 1.165) is 6.54 Å². The van der Waals surface area contributed by atoms with Gasteiger partial charge in [-0.3, -0.25) is 4.68 Å². The lowest BCUT2D eigenvalue weighted by molar-refractivity contribution is 0.339. The Bertz CT molecular complexity index is 553. The molecule has 1 aromatic carbocycles. The van der Waals surface area contributed by atoms with Gasteiger partial charge in [-0.15, -0.1) is 0 Å². The van der Waals surface area contributed by atoms with E-state index in [-0.39, 0.29) is 11.5 Å². The summed E-state index contributed by atoms with van der Waals surface area (Å²) in [4.78, 5) is 0. The van der Waals surface area contributed by atoms with Crippen molar-refractivity contribution in [3.63, 3.8) is 0 Å². The monoisotopic (exact) mass is 269 g/mol. The van der Waals surface area contributed by atoms with Crippen LogP contribution in [0.15, 0.2) is 42.6 Å². The van der Waals surface area contributed by atoms with Crippen molar-refractivity contribution in [1.82, 2.24) is 9.78 Å². The minimum atomic E-state index is 0.0230. The fourth-order valence-corrected chi connectivity index (χ4v) is 3.71. The molecule has 1 unspecified atom stereocenters. The van der Waals surface area contributed by atoms with E-state index in [1.807, 2.05) is 10.9 Å². The van der Waals surface area contributed by atoms with Crippen molar-refractivity contribution >= 4 is 0 Å². The second-order valence-electron chi connectivity index (χ2n) is 5.78. The van der Waals surface area contributed by atoms with Crippen molar-refractivity contribution < 1.29 is 0 Å². The van der Waals surface area contributed by atoms with Gasteiger partial charge in [0.1, 0.15) is 0 Å². The van der Waals surface area contributed by atoms with Gasteiger partial charge < -0.3 is 5.73 Å². The Kier molecular flexibility index (Phi) is 3.62. The van der Waals surface area contributed by atoms with Crippen LogP contribution in [0.4, 0.5) is 0 Å². The van der Waals surface area contributed by atoms with Crippen LogP contribution in [0.1, 0.15) is 49.9 Å². The number of benzene rings is 1. The molecule has 0 saturated heterocycles. The van der Waals surface area contributed by atoms with Gasteiger partial charge in [-0.2, -0.15) is 5.10 Å². The molecule has 0 spiro atoms. The van der Waals surface area contributed by atoms with Gasteiger partial charge in [-0.05, 0) is 31.4 Å². The van der Waals surface area contributed by atoms with Gasteiger partial charge in [0.2, 0.25) is 0 Å². The van der Waals surface area contributed by atoms with Gasteiger partial charge in [-0.1, -0.05) is 43.2 Å². The first-order valence-electron chi connectivity index (χ1n) is 7.61. The summed E-state index contributed by atoms with van der Waals surface area (Å²) in [6.45, 7) is 2.99. The van der Waals surface area contributed by atoms with Crippen LogP contribution in [0.3, 0.4) is 0 Å². The van der Waals surface area contributed by atoms with Crippen molar-refractivity contribution in [2.24, 2.45) is 5.73 Å². The summed E-state index contributed by atoms with van der Waals surface area (Å²) < 4.78 is 2.04. The quantitative estimate of drug-likeness (QED) is 0.924. The lowest BCUT2D eigenvalue weighted by atomic mass is 9.72. The van der Waals surface area contributed by atoms with Gasteiger partial charge in [-0.25, -0.2) is 0 Å². The zero-order chi connectivity index (χ0) is 14.0. The normalized spacial score (nSPS) is 19.1. The van der Waals surface area contributed by atoms with E-state index in [0.29, 0.717) is 0 Å². The zero-order valence-electron chi connectivity index (χ0n) is 12.1. The summed E-state index contributed by atoms with van der Waals surface area (Å²) in [6, 6.07) is 12.9. The minimum Gasteiger partial charge on any atom is -0.322 e. The number of nitrogens with two attached hydrogens (primary N) is 1. The van der Waals surface area contributed by atoms with Crippen LogP contribution in [0, 0.1) is 0 Å². The van der Waals surface area contributed by atoms with Gasteiger partial charge in [0.15, 0.2) is 0 Å². The highest BCUT2D eigenvalue weighted by molar-refractivity contribution is 5.32. The van der Waals surface area contributed by atoms with Crippen molar-refractivity contribution in [2.75, 3.05) is 0 Å². The van der Waals surface area contributed by atoms with Crippen molar-refractivity contribution in [3.05, 3.63) is 53.9 Å². The number of hydrogen-bond donors (Lipinski definition) is 1. The fourth-order valence-electron chi connectivity index (χ4n) is 3.71. The summed E-state index contributed by atoms with van der Waals surface area (Å²) in [5, 5.41) is 4.39. The van der Waals surface area contributed by atoms with Crippen molar-refractivity contribution in [2.45, 2.75) is 50.6 Å². The highest BCUT2D eigenvalue weighted by Gasteiger charge is 2.42. The summed E-state index contributed by atoms with van der Waals surface area (Å²) in [5.41, 5.74) is 9.35. The topological polar surface area (TPSA) is 43.8 Å². The first kappa shape index (κ1) is 13.4. The highest BCUT2D eigenvalue weighted by Crippen LogP contribution is 2.48. The van der Waals surface area contributed by atoms with E-state index in [9.17, 15) is 0 Å². The van der Waals surface area contributed by atoms with Gasteiger partial charge in [0.25, 0.3) is 0 Å². The molecule has 3 nitrogen and oxygen atoms in total. The predicted molar refractivity (Wildman–Crippen MR) is 81.4 cm³/mol. The number of hydrogen-bond acceptors (Lipinski definition) is 2. The average Bonchev–Trinajstić information content (AvgIpc) is 3.17. The Balaban J connectivity index is 2.03. The first-order valence-corrected chi connectivity index (χ1v) is 7.61.